The predicted molar refractivity (Wildman–Crippen MR) is 86.0 cm³/mol. The number of ether oxygens (including phenoxy) is 1. The Labute approximate surface area is 128 Å². The molecule has 4 heteroatoms. The van der Waals surface area contributed by atoms with Crippen LogP contribution in [-0.4, -0.2) is 11.6 Å². The normalized spacial score (nSPS) is 10.6. The number of aromatic nitrogens is 1. The molecule has 106 valence electrons. The summed E-state index contributed by atoms with van der Waals surface area (Å²) in [5.74, 6) is 1.42. The number of anilines is 1. The van der Waals surface area contributed by atoms with Gasteiger partial charge in [-0.3, -0.25) is 0 Å². The van der Waals surface area contributed by atoms with E-state index >= 15 is 0 Å². The van der Waals surface area contributed by atoms with Crippen LogP contribution in [0.4, 0.5) is 5.69 Å². The second kappa shape index (κ2) is 7.29. The third kappa shape index (κ3) is 4.85. The van der Waals surface area contributed by atoms with Crippen molar-refractivity contribution < 1.29 is 4.74 Å². The Hall–Kier alpha value is -1.55. The van der Waals surface area contributed by atoms with Gasteiger partial charge in [0.25, 0.3) is 0 Å². The minimum atomic E-state index is 0.525. The van der Waals surface area contributed by atoms with Gasteiger partial charge in [-0.15, -0.1) is 0 Å². The second-order valence-electron chi connectivity index (χ2n) is 5.04. The number of halogens is 1. The minimum absolute atomic E-state index is 0.525. The zero-order valence-electron chi connectivity index (χ0n) is 11.8. The smallest absolute Gasteiger partial charge is 0.121 e. The summed E-state index contributed by atoms with van der Waals surface area (Å²) >= 11 is 3.38. The molecule has 0 bridgehead atoms. The molecule has 2 aromatic rings. The highest BCUT2D eigenvalue weighted by molar-refractivity contribution is 9.10. The Morgan fingerprint density at radius 1 is 1.20 bits per heavy atom. The molecule has 0 radical (unpaired) electrons. The zero-order valence-corrected chi connectivity index (χ0v) is 13.4. The molecule has 0 aliphatic heterocycles. The van der Waals surface area contributed by atoms with Crippen molar-refractivity contribution in [2.75, 3.05) is 11.9 Å². The number of hydrogen-bond donors (Lipinski definition) is 1. The highest BCUT2D eigenvalue weighted by Gasteiger charge is 2.00. The highest BCUT2D eigenvalue weighted by atomic mass is 79.9. The SMILES string of the molecule is CC(C)COc1cccc(NCc2cccc(Br)n2)c1. The summed E-state index contributed by atoms with van der Waals surface area (Å²) in [6, 6.07) is 13.9. The highest BCUT2D eigenvalue weighted by Crippen LogP contribution is 2.18. The van der Waals surface area contributed by atoms with Crippen molar-refractivity contribution in [2.45, 2.75) is 20.4 Å². The Kier molecular flexibility index (Phi) is 5.41. The van der Waals surface area contributed by atoms with E-state index in [0.29, 0.717) is 12.5 Å². The van der Waals surface area contributed by atoms with Gasteiger partial charge in [0.05, 0.1) is 18.8 Å². The summed E-state index contributed by atoms with van der Waals surface area (Å²) in [6.45, 7) is 5.70. The Morgan fingerprint density at radius 2 is 2.00 bits per heavy atom. The van der Waals surface area contributed by atoms with Gasteiger partial charge < -0.3 is 10.1 Å². The van der Waals surface area contributed by atoms with Gasteiger partial charge in [0, 0.05) is 11.8 Å². The zero-order chi connectivity index (χ0) is 14.4. The number of pyridine rings is 1. The summed E-state index contributed by atoms with van der Waals surface area (Å²) in [5, 5.41) is 3.35. The van der Waals surface area contributed by atoms with Gasteiger partial charge in [-0.1, -0.05) is 26.0 Å². The molecule has 20 heavy (non-hydrogen) atoms. The molecule has 0 unspecified atom stereocenters. The van der Waals surface area contributed by atoms with Crippen molar-refractivity contribution in [2.24, 2.45) is 5.92 Å². The fraction of sp³-hybridized carbons (Fsp3) is 0.312. The number of nitrogens with zero attached hydrogens (tertiary/aromatic N) is 1. The number of nitrogens with one attached hydrogen (secondary N) is 1. The van der Waals surface area contributed by atoms with Crippen molar-refractivity contribution in [1.82, 2.24) is 4.98 Å². The molecule has 0 spiro atoms. The van der Waals surface area contributed by atoms with Crippen LogP contribution in [0.3, 0.4) is 0 Å². The maximum atomic E-state index is 5.72. The molecule has 1 heterocycles. The first-order valence-corrected chi connectivity index (χ1v) is 7.51. The summed E-state index contributed by atoms with van der Waals surface area (Å²) in [5.41, 5.74) is 2.03. The fourth-order valence-electron chi connectivity index (χ4n) is 1.70. The Balaban J connectivity index is 1.94. The van der Waals surface area contributed by atoms with Crippen LogP contribution in [0.15, 0.2) is 47.1 Å². The average Bonchev–Trinajstić information content (AvgIpc) is 2.43. The van der Waals surface area contributed by atoms with Crippen molar-refractivity contribution >= 4 is 21.6 Å². The van der Waals surface area contributed by atoms with E-state index in [2.05, 4.69) is 40.1 Å². The lowest BCUT2D eigenvalue weighted by Gasteiger charge is -2.11. The third-order valence-electron chi connectivity index (χ3n) is 2.66. The van der Waals surface area contributed by atoms with Crippen LogP contribution in [0.25, 0.3) is 0 Å². The fourth-order valence-corrected chi connectivity index (χ4v) is 2.08. The van der Waals surface area contributed by atoms with E-state index in [1.807, 2.05) is 42.5 Å². The van der Waals surface area contributed by atoms with Crippen LogP contribution in [0.1, 0.15) is 19.5 Å². The molecule has 1 N–H and O–H groups in total. The first-order valence-electron chi connectivity index (χ1n) is 6.71. The van der Waals surface area contributed by atoms with Crippen molar-refractivity contribution in [3.63, 3.8) is 0 Å². The van der Waals surface area contributed by atoms with Crippen LogP contribution in [0.5, 0.6) is 5.75 Å². The van der Waals surface area contributed by atoms with Gasteiger partial charge in [-0.2, -0.15) is 0 Å². The molecular weight excluding hydrogens is 316 g/mol. The van der Waals surface area contributed by atoms with Gasteiger partial charge in [0.1, 0.15) is 10.4 Å². The summed E-state index contributed by atoms with van der Waals surface area (Å²) in [4.78, 5) is 4.39. The van der Waals surface area contributed by atoms with Gasteiger partial charge in [-0.05, 0) is 46.1 Å². The van der Waals surface area contributed by atoms with Crippen LogP contribution >= 0.6 is 15.9 Å². The van der Waals surface area contributed by atoms with Crippen LogP contribution in [0, 0.1) is 5.92 Å². The lowest BCUT2D eigenvalue weighted by molar-refractivity contribution is 0.271. The monoisotopic (exact) mass is 334 g/mol. The van der Waals surface area contributed by atoms with E-state index in [1.165, 1.54) is 0 Å². The van der Waals surface area contributed by atoms with Gasteiger partial charge in [0.15, 0.2) is 0 Å². The first-order chi connectivity index (χ1) is 9.63. The quantitative estimate of drug-likeness (QED) is 0.790. The number of hydrogen-bond acceptors (Lipinski definition) is 3. The summed E-state index contributed by atoms with van der Waals surface area (Å²) in [6.07, 6.45) is 0. The Bertz CT molecular complexity index is 558. The van der Waals surface area contributed by atoms with E-state index in [4.69, 9.17) is 4.74 Å². The molecule has 0 aliphatic rings. The molecular formula is C16H19BrN2O. The van der Waals surface area contributed by atoms with E-state index < -0.39 is 0 Å². The molecule has 0 saturated carbocycles. The summed E-state index contributed by atoms with van der Waals surface area (Å²) in [7, 11) is 0. The molecule has 3 nitrogen and oxygen atoms in total. The predicted octanol–water partition coefficient (Wildman–Crippen LogP) is 4.49. The molecule has 0 fully saturated rings. The molecule has 0 saturated heterocycles. The van der Waals surface area contributed by atoms with Crippen molar-refractivity contribution in [3.05, 3.63) is 52.8 Å². The molecule has 1 aromatic carbocycles. The third-order valence-corrected chi connectivity index (χ3v) is 3.11. The molecule has 0 atom stereocenters. The van der Waals surface area contributed by atoms with Gasteiger partial charge in [-0.25, -0.2) is 4.98 Å². The largest absolute Gasteiger partial charge is 0.493 e. The average molecular weight is 335 g/mol. The summed E-state index contributed by atoms with van der Waals surface area (Å²) < 4.78 is 6.57. The van der Waals surface area contributed by atoms with E-state index in [0.717, 1.165) is 28.3 Å². The van der Waals surface area contributed by atoms with Crippen LogP contribution < -0.4 is 10.1 Å². The lowest BCUT2D eigenvalue weighted by Crippen LogP contribution is -2.05. The van der Waals surface area contributed by atoms with Crippen molar-refractivity contribution in [3.8, 4) is 5.75 Å². The minimum Gasteiger partial charge on any atom is -0.493 e. The molecule has 2 rings (SSSR count). The maximum absolute atomic E-state index is 5.72. The van der Waals surface area contributed by atoms with Crippen molar-refractivity contribution in [1.29, 1.82) is 0 Å². The topological polar surface area (TPSA) is 34.1 Å². The lowest BCUT2D eigenvalue weighted by atomic mass is 10.2. The number of rotatable bonds is 6. The van der Waals surface area contributed by atoms with Gasteiger partial charge >= 0.3 is 0 Å². The number of benzene rings is 1. The standard InChI is InChI=1S/C16H19BrN2O/c1-12(2)11-20-15-7-3-5-13(9-15)18-10-14-6-4-8-16(17)19-14/h3-9,12,18H,10-11H2,1-2H3. The molecule has 0 aliphatic carbocycles. The molecule has 1 aromatic heterocycles. The second-order valence-corrected chi connectivity index (χ2v) is 5.85. The van der Waals surface area contributed by atoms with E-state index in [-0.39, 0.29) is 0 Å². The Morgan fingerprint density at radius 3 is 2.75 bits per heavy atom. The van der Waals surface area contributed by atoms with Crippen LogP contribution in [0.2, 0.25) is 0 Å². The molecule has 0 amide bonds. The maximum Gasteiger partial charge on any atom is 0.121 e. The van der Waals surface area contributed by atoms with Gasteiger partial charge in [0.2, 0.25) is 0 Å². The first kappa shape index (κ1) is 14.9. The van der Waals surface area contributed by atoms with E-state index in [1.54, 1.807) is 0 Å². The van der Waals surface area contributed by atoms with Crippen LogP contribution in [-0.2, 0) is 6.54 Å². The van der Waals surface area contributed by atoms with E-state index in [9.17, 15) is 0 Å².